The van der Waals surface area contributed by atoms with Gasteiger partial charge in [-0.2, -0.15) is 0 Å². The number of aliphatic hydroxyl groups excluding tert-OH is 1. The van der Waals surface area contributed by atoms with Gasteiger partial charge in [-0.3, -0.25) is 14.9 Å². The van der Waals surface area contributed by atoms with E-state index >= 15 is 0 Å². The molecule has 0 radical (unpaired) electrons. The zero-order valence-electron chi connectivity index (χ0n) is 11.2. The molecule has 1 aromatic heterocycles. The van der Waals surface area contributed by atoms with Gasteiger partial charge in [0.25, 0.3) is 11.6 Å². The Bertz CT molecular complexity index is 470. The van der Waals surface area contributed by atoms with Crippen molar-refractivity contribution in [3.63, 3.8) is 0 Å². The molecule has 0 aliphatic carbocycles. The van der Waals surface area contributed by atoms with Crippen molar-refractivity contribution in [2.45, 2.75) is 33.2 Å². The molecule has 7 heteroatoms. The fourth-order valence-electron chi connectivity index (χ4n) is 1.77. The molecule has 0 saturated heterocycles. The van der Waals surface area contributed by atoms with E-state index in [1.807, 2.05) is 13.8 Å². The summed E-state index contributed by atoms with van der Waals surface area (Å²) >= 11 is 1.09. The maximum Gasteiger partial charge on any atom is 0.283 e. The van der Waals surface area contributed by atoms with E-state index in [0.29, 0.717) is 22.1 Å². The first-order valence-electron chi connectivity index (χ1n) is 6.01. The number of aliphatic hydroxyl groups is 1. The van der Waals surface area contributed by atoms with Gasteiger partial charge in [0.05, 0.1) is 27.3 Å². The number of nitrogens with one attached hydrogen (secondary N) is 1. The smallest absolute Gasteiger partial charge is 0.283 e. The number of carbonyl (C=O) groups excluding carboxylic acids is 1. The van der Waals surface area contributed by atoms with Crippen molar-refractivity contribution in [1.82, 2.24) is 5.32 Å². The van der Waals surface area contributed by atoms with E-state index in [1.54, 1.807) is 6.92 Å². The lowest BCUT2D eigenvalue weighted by atomic mass is 10.0. The van der Waals surface area contributed by atoms with Crippen molar-refractivity contribution < 1.29 is 14.8 Å². The van der Waals surface area contributed by atoms with Crippen LogP contribution < -0.4 is 5.32 Å². The summed E-state index contributed by atoms with van der Waals surface area (Å²) in [6.07, 6.45) is 0.661. The van der Waals surface area contributed by atoms with Crippen molar-refractivity contribution in [2.75, 3.05) is 6.61 Å². The summed E-state index contributed by atoms with van der Waals surface area (Å²) in [4.78, 5) is 23.0. The Labute approximate surface area is 115 Å². The topological polar surface area (TPSA) is 92.5 Å². The summed E-state index contributed by atoms with van der Waals surface area (Å²) in [5.74, 6) is -0.0299. The molecular weight excluding hydrogens is 268 g/mol. The lowest BCUT2D eigenvalue weighted by molar-refractivity contribution is -0.385. The van der Waals surface area contributed by atoms with Crippen LogP contribution in [0.3, 0.4) is 0 Å². The van der Waals surface area contributed by atoms with Crippen molar-refractivity contribution in [3.05, 3.63) is 25.9 Å². The van der Waals surface area contributed by atoms with Gasteiger partial charge in [0.15, 0.2) is 0 Å². The quantitative estimate of drug-likeness (QED) is 0.618. The third kappa shape index (κ3) is 4.29. The first-order chi connectivity index (χ1) is 8.85. The Kier molecular flexibility index (Phi) is 5.44. The molecule has 106 valence electrons. The zero-order chi connectivity index (χ0) is 14.6. The largest absolute Gasteiger partial charge is 0.394 e. The molecule has 1 unspecified atom stereocenters. The molecule has 1 rings (SSSR count). The predicted octanol–water partition coefficient (Wildman–Crippen LogP) is 2.10. The van der Waals surface area contributed by atoms with E-state index in [9.17, 15) is 20.0 Å². The Morgan fingerprint density at radius 3 is 2.63 bits per heavy atom. The van der Waals surface area contributed by atoms with Crippen LogP contribution in [0.1, 0.15) is 34.8 Å². The van der Waals surface area contributed by atoms with Crippen LogP contribution in [0, 0.1) is 23.0 Å². The lowest BCUT2D eigenvalue weighted by Crippen LogP contribution is -2.38. The zero-order valence-corrected chi connectivity index (χ0v) is 12.0. The minimum absolute atomic E-state index is 0.0421. The number of amides is 1. The first kappa shape index (κ1) is 15.6. The summed E-state index contributed by atoms with van der Waals surface area (Å²) in [6, 6.07) is 0.952. The standard InChI is InChI=1S/C12H18N2O4S/c1-7(2)4-9(6-15)13-12(16)11-5-10(14(17)18)8(3)19-11/h5,7,9,15H,4,6H2,1-3H3,(H,13,16). The van der Waals surface area contributed by atoms with Gasteiger partial charge in [-0.05, 0) is 19.3 Å². The highest BCUT2D eigenvalue weighted by atomic mass is 32.1. The monoisotopic (exact) mass is 286 g/mol. The second-order valence-electron chi connectivity index (χ2n) is 4.79. The van der Waals surface area contributed by atoms with Gasteiger partial charge in [-0.15, -0.1) is 11.3 Å². The summed E-state index contributed by atoms with van der Waals surface area (Å²) in [6.45, 7) is 5.46. The molecule has 0 saturated carbocycles. The SMILES string of the molecule is Cc1sc(C(=O)NC(CO)CC(C)C)cc1[N+](=O)[O-]. The van der Waals surface area contributed by atoms with Crippen LogP contribution in [0.2, 0.25) is 0 Å². The number of hydrogen-bond acceptors (Lipinski definition) is 5. The molecule has 0 spiro atoms. The number of rotatable bonds is 6. The minimum Gasteiger partial charge on any atom is -0.394 e. The third-order valence-electron chi connectivity index (χ3n) is 2.62. The molecule has 0 aliphatic heterocycles. The fraction of sp³-hybridized carbons (Fsp3) is 0.583. The average Bonchev–Trinajstić information content (AvgIpc) is 2.70. The number of thiophene rings is 1. The Balaban J connectivity index is 2.77. The summed E-state index contributed by atoms with van der Waals surface area (Å²) in [7, 11) is 0. The molecule has 1 amide bonds. The van der Waals surface area contributed by atoms with E-state index in [2.05, 4.69) is 5.32 Å². The minimum atomic E-state index is -0.500. The van der Waals surface area contributed by atoms with Crippen molar-refractivity contribution in [1.29, 1.82) is 0 Å². The molecular formula is C12H18N2O4S. The van der Waals surface area contributed by atoms with Crippen LogP contribution in [0.15, 0.2) is 6.07 Å². The van der Waals surface area contributed by atoms with Gasteiger partial charge in [0.1, 0.15) is 0 Å². The maximum atomic E-state index is 11.9. The molecule has 1 aromatic rings. The normalized spacial score (nSPS) is 12.5. The van der Waals surface area contributed by atoms with Crippen LogP contribution in [0.25, 0.3) is 0 Å². The molecule has 6 nitrogen and oxygen atoms in total. The molecule has 19 heavy (non-hydrogen) atoms. The fourth-order valence-corrected chi connectivity index (χ4v) is 2.66. The Morgan fingerprint density at radius 1 is 1.58 bits per heavy atom. The van der Waals surface area contributed by atoms with Gasteiger partial charge in [-0.1, -0.05) is 13.8 Å². The number of nitro groups is 1. The van der Waals surface area contributed by atoms with E-state index in [4.69, 9.17) is 0 Å². The highest BCUT2D eigenvalue weighted by Crippen LogP contribution is 2.28. The van der Waals surface area contributed by atoms with Gasteiger partial charge in [0.2, 0.25) is 0 Å². The first-order valence-corrected chi connectivity index (χ1v) is 6.83. The molecule has 1 atom stereocenters. The van der Waals surface area contributed by atoms with Crippen molar-refractivity contribution in [3.8, 4) is 0 Å². The van der Waals surface area contributed by atoms with Gasteiger partial charge >= 0.3 is 0 Å². The van der Waals surface area contributed by atoms with Gasteiger partial charge < -0.3 is 10.4 Å². The highest BCUT2D eigenvalue weighted by molar-refractivity contribution is 7.14. The summed E-state index contributed by atoms with van der Waals surface area (Å²) < 4.78 is 0. The van der Waals surface area contributed by atoms with E-state index in [-0.39, 0.29) is 24.2 Å². The van der Waals surface area contributed by atoms with Crippen molar-refractivity contribution >= 4 is 22.9 Å². The second-order valence-corrected chi connectivity index (χ2v) is 6.05. The Morgan fingerprint density at radius 2 is 2.21 bits per heavy atom. The lowest BCUT2D eigenvalue weighted by Gasteiger charge is -2.17. The van der Waals surface area contributed by atoms with E-state index in [0.717, 1.165) is 11.3 Å². The van der Waals surface area contributed by atoms with Crippen LogP contribution in [0.4, 0.5) is 5.69 Å². The van der Waals surface area contributed by atoms with Crippen LogP contribution >= 0.6 is 11.3 Å². The number of nitrogens with zero attached hydrogens (tertiary/aromatic N) is 1. The molecule has 0 aliphatic rings. The second kappa shape index (κ2) is 6.63. The number of carbonyl (C=O) groups is 1. The molecule has 1 heterocycles. The number of aryl methyl sites for hydroxylation is 1. The van der Waals surface area contributed by atoms with Crippen LogP contribution in [0.5, 0.6) is 0 Å². The third-order valence-corrected chi connectivity index (χ3v) is 3.66. The van der Waals surface area contributed by atoms with Crippen LogP contribution in [-0.4, -0.2) is 28.6 Å². The molecule has 0 bridgehead atoms. The summed E-state index contributed by atoms with van der Waals surface area (Å²) in [5, 5.41) is 22.6. The van der Waals surface area contributed by atoms with E-state index in [1.165, 1.54) is 6.07 Å². The maximum absolute atomic E-state index is 11.9. The number of hydrogen-bond donors (Lipinski definition) is 2. The van der Waals surface area contributed by atoms with Gasteiger partial charge in [0, 0.05) is 6.07 Å². The summed E-state index contributed by atoms with van der Waals surface area (Å²) in [5.41, 5.74) is -0.0421. The molecule has 2 N–H and O–H groups in total. The van der Waals surface area contributed by atoms with E-state index < -0.39 is 4.92 Å². The van der Waals surface area contributed by atoms with Crippen molar-refractivity contribution in [2.24, 2.45) is 5.92 Å². The molecule has 0 aromatic carbocycles. The highest BCUT2D eigenvalue weighted by Gasteiger charge is 2.21. The Hall–Kier alpha value is -1.47. The van der Waals surface area contributed by atoms with Crippen LogP contribution in [-0.2, 0) is 0 Å². The average molecular weight is 286 g/mol. The molecule has 0 fully saturated rings. The van der Waals surface area contributed by atoms with Gasteiger partial charge in [-0.25, -0.2) is 0 Å². The predicted molar refractivity (Wildman–Crippen MR) is 73.5 cm³/mol.